The van der Waals surface area contributed by atoms with Crippen LogP contribution in [0, 0.1) is 17.8 Å². The molecule has 1 saturated heterocycles. The summed E-state index contributed by atoms with van der Waals surface area (Å²) in [5.74, 6) is -4.93. The van der Waals surface area contributed by atoms with Gasteiger partial charge in [-0.15, -0.1) is 0 Å². The summed E-state index contributed by atoms with van der Waals surface area (Å²) in [4.78, 5) is 104. The van der Waals surface area contributed by atoms with Crippen LogP contribution in [0.25, 0.3) is 0 Å². The predicted molar refractivity (Wildman–Crippen MR) is 321 cm³/mol. The number of hydrogen-bond acceptors (Lipinski definition) is 13. The van der Waals surface area contributed by atoms with Crippen LogP contribution in [0.15, 0.2) is 115 Å². The van der Waals surface area contributed by atoms with Crippen molar-refractivity contribution in [2.24, 2.45) is 17.8 Å². The number of nitrogens with one attached hydrogen (secondary N) is 4. The Bertz CT molecular complexity index is 2660. The lowest BCUT2D eigenvalue weighted by atomic mass is 9.94. The minimum atomic E-state index is -1.46. The molecule has 4 aromatic carbocycles. The van der Waals surface area contributed by atoms with E-state index in [-0.39, 0.29) is 31.3 Å². The van der Waals surface area contributed by atoms with Crippen LogP contribution in [0.2, 0.25) is 0 Å². The number of esters is 2. The van der Waals surface area contributed by atoms with E-state index in [1.165, 1.54) is 25.8 Å². The van der Waals surface area contributed by atoms with Crippen LogP contribution in [0.1, 0.15) is 131 Å². The monoisotopic (exact) mass is 1160 g/mol. The van der Waals surface area contributed by atoms with Gasteiger partial charge in [-0.3, -0.25) is 28.9 Å². The van der Waals surface area contributed by atoms with E-state index >= 15 is 14.4 Å². The Morgan fingerprint density at radius 1 is 0.607 bits per heavy atom. The second-order valence-electron chi connectivity index (χ2n) is 23.5. The highest BCUT2D eigenvalue weighted by atomic mass is 16.7. The first-order valence-corrected chi connectivity index (χ1v) is 29.7. The fourth-order valence-corrected chi connectivity index (χ4v) is 9.88. The number of carbonyl (C=O) groups is 7. The SMILES string of the molecule is CC[C@H](C)[C@H](NC(=O)[C@H](Cc1ccc(OC(C)(C)C)cc1)N(C)C(=O)[C@@H](NC(=O)[C@H](CCC1OCCO1)N(Cc1ccccc1)Cc1ccccc1)[C@@H](C)CC)C(=O)O[C@H](C)[C@H](NC(C)=O)C(=O)N[C@@H](CC(C)C)C(=O)OCc1ccccc1. The maximum Gasteiger partial charge on any atom is 0.329 e. The molecule has 0 spiro atoms. The summed E-state index contributed by atoms with van der Waals surface area (Å²) in [5.41, 5.74) is 2.94. The summed E-state index contributed by atoms with van der Waals surface area (Å²) in [6, 6.07) is 29.1. The summed E-state index contributed by atoms with van der Waals surface area (Å²) in [5, 5.41) is 11.4. The topological polar surface area (TPSA) is 220 Å². The van der Waals surface area contributed by atoms with E-state index in [4.69, 9.17) is 23.7 Å². The van der Waals surface area contributed by atoms with Gasteiger partial charge in [0.25, 0.3) is 0 Å². The highest BCUT2D eigenvalue weighted by molar-refractivity contribution is 5.95. The molecule has 18 heteroatoms. The first kappa shape index (κ1) is 67.6. The van der Waals surface area contributed by atoms with Gasteiger partial charge in [0.2, 0.25) is 29.5 Å². The van der Waals surface area contributed by atoms with Crippen molar-refractivity contribution >= 4 is 41.5 Å². The number of amides is 5. The predicted octanol–water partition coefficient (Wildman–Crippen LogP) is 8.23. The Balaban J connectivity index is 1.45. The molecule has 0 saturated carbocycles. The van der Waals surface area contributed by atoms with E-state index in [2.05, 4.69) is 26.2 Å². The van der Waals surface area contributed by atoms with Gasteiger partial charge in [-0.05, 0) is 92.7 Å². The third-order valence-corrected chi connectivity index (χ3v) is 14.9. The van der Waals surface area contributed by atoms with Crippen molar-refractivity contribution in [1.29, 1.82) is 0 Å². The van der Waals surface area contributed by atoms with Crippen LogP contribution >= 0.6 is 0 Å². The molecular weight excluding hydrogens is 1070 g/mol. The molecule has 1 aliphatic rings. The van der Waals surface area contributed by atoms with E-state index in [0.29, 0.717) is 63.3 Å². The van der Waals surface area contributed by atoms with Crippen molar-refractivity contribution < 1.29 is 57.2 Å². The first-order chi connectivity index (χ1) is 40.0. The van der Waals surface area contributed by atoms with Crippen LogP contribution < -0.4 is 26.0 Å². The lowest BCUT2D eigenvalue weighted by Crippen LogP contribution is -2.60. The molecule has 0 radical (unpaired) electrons. The maximum absolute atomic E-state index is 15.4. The Kier molecular flexibility index (Phi) is 26.9. The Morgan fingerprint density at radius 2 is 1.12 bits per heavy atom. The maximum atomic E-state index is 15.4. The minimum Gasteiger partial charge on any atom is -0.488 e. The van der Waals surface area contributed by atoms with Crippen molar-refractivity contribution in [3.05, 3.63) is 138 Å². The Hall–Kier alpha value is -7.15. The molecule has 4 aromatic rings. The summed E-state index contributed by atoms with van der Waals surface area (Å²) in [7, 11) is 1.52. The average Bonchev–Trinajstić information content (AvgIpc) is 4.14. The second kappa shape index (κ2) is 33.4. The number of benzene rings is 4. The number of nitrogens with zero attached hydrogens (tertiary/aromatic N) is 2. The zero-order valence-corrected chi connectivity index (χ0v) is 51.4. The van der Waals surface area contributed by atoms with Gasteiger partial charge in [0.1, 0.15) is 54.3 Å². The number of rotatable bonds is 32. The van der Waals surface area contributed by atoms with Gasteiger partial charge in [0.15, 0.2) is 6.29 Å². The van der Waals surface area contributed by atoms with Crippen LogP contribution in [0.5, 0.6) is 5.75 Å². The zero-order chi connectivity index (χ0) is 61.5. The van der Waals surface area contributed by atoms with Crippen molar-refractivity contribution in [1.82, 2.24) is 31.1 Å². The van der Waals surface area contributed by atoms with E-state index in [1.54, 1.807) is 19.1 Å². The molecule has 0 aromatic heterocycles. The van der Waals surface area contributed by atoms with Gasteiger partial charge < -0.3 is 49.9 Å². The van der Waals surface area contributed by atoms with Crippen LogP contribution in [-0.2, 0) is 78.6 Å². The zero-order valence-electron chi connectivity index (χ0n) is 51.4. The van der Waals surface area contributed by atoms with Crippen molar-refractivity contribution in [2.45, 2.75) is 189 Å². The minimum absolute atomic E-state index is 0.00817. The molecule has 0 unspecified atom stereocenters. The van der Waals surface area contributed by atoms with E-state index in [1.807, 2.05) is 159 Å². The molecular formula is C66H92N6O12. The fraction of sp³-hybridized carbons (Fsp3) is 0.530. The van der Waals surface area contributed by atoms with Gasteiger partial charge in [-0.2, -0.15) is 0 Å². The normalized spacial score (nSPS) is 15.9. The first-order valence-electron chi connectivity index (χ1n) is 29.7. The molecule has 1 fully saturated rings. The number of hydrogen-bond donors (Lipinski definition) is 4. The average molecular weight is 1160 g/mol. The standard InChI is InChI=1S/C66H92N6O12/c1-13-44(5)57(69-60(74)54(34-35-56-80-36-37-81-56)72(40-49-24-18-15-19-25-49)41-50-26-20-16-21-27-50)63(77)71(12)55(39-48-30-32-52(33-31-48)84-66(9,10)11)61(75)70-58(45(6)14-2)65(79)83-46(7)59(67-47(8)73)62(76)68-53(38-43(3)4)64(78)82-42-51-28-22-17-23-29-51/h15-33,43-46,53-59H,13-14,34-42H2,1-12H3,(H,67,73)(H,68,76)(H,69,74)(H,70,75)/t44-,45-,46+,53-,54-,55-,57-,58-,59-/m0/s1. The molecule has 458 valence electrons. The Morgan fingerprint density at radius 3 is 1.63 bits per heavy atom. The number of ether oxygens (including phenoxy) is 5. The summed E-state index contributed by atoms with van der Waals surface area (Å²) in [6.45, 7) is 21.4. The summed E-state index contributed by atoms with van der Waals surface area (Å²) in [6.07, 6.45) is 0.0723. The fourth-order valence-electron chi connectivity index (χ4n) is 9.88. The number of carbonyl (C=O) groups excluding carboxylic acids is 7. The number of likely N-dealkylation sites (N-methyl/N-ethyl adjacent to an activating group) is 1. The third-order valence-electron chi connectivity index (χ3n) is 14.9. The lowest BCUT2D eigenvalue weighted by Gasteiger charge is -2.36. The van der Waals surface area contributed by atoms with Gasteiger partial charge in [0.05, 0.1) is 19.3 Å². The second-order valence-corrected chi connectivity index (χ2v) is 23.5. The molecule has 9 atom stereocenters. The van der Waals surface area contributed by atoms with Crippen molar-refractivity contribution in [2.75, 3.05) is 20.3 Å². The van der Waals surface area contributed by atoms with Gasteiger partial charge in [0, 0.05) is 39.9 Å². The molecule has 5 amide bonds. The molecule has 0 aliphatic carbocycles. The molecule has 1 aliphatic heterocycles. The van der Waals surface area contributed by atoms with Crippen LogP contribution in [-0.4, -0.2) is 126 Å². The van der Waals surface area contributed by atoms with Gasteiger partial charge in [-0.25, -0.2) is 9.59 Å². The molecule has 0 bridgehead atoms. The largest absolute Gasteiger partial charge is 0.488 e. The third kappa shape index (κ3) is 21.8. The van der Waals surface area contributed by atoms with Crippen molar-refractivity contribution in [3.63, 3.8) is 0 Å². The quantitative estimate of drug-likeness (QED) is 0.0339. The molecule has 5 rings (SSSR count). The van der Waals surface area contributed by atoms with Crippen LogP contribution in [0.3, 0.4) is 0 Å². The van der Waals surface area contributed by atoms with E-state index in [9.17, 15) is 19.2 Å². The highest BCUT2D eigenvalue weighted by Gasteiger charge is 2.41. The van der Waals surface area contributed by atoms with Gasteiger partial charge >= 0.3 is 11.9 Å². The molecule has 1 heterocycles. The Labute approximate surface area is 497 Å². The smallest absolute Gasteiger partial charge is 0.329 e. The van der Waals surface area contributed by atoms with Crippen molar-refractivity contribution in [3.8, 4) is 5.75 Å². The lowest BCUT2D eigenvalue weighted by molar-refractivity contribution is -0.158. The van der Waals surface area contributed by atoms with E-state index in [0.717, 1.165) is 16.7 Å². The summed E-state index contributed by atoms with van der Waals surface area (Å²) < 4.78 is 29.4. The van der Waals surface area contributed by atoms with E-state index < -0.39 is 102 Å². The summed E-state index contributed by atoms with van der Waals surface area (Å²) >= 11 is 0. The molecule has 18 nitrogen and oxygen atoms in total. The van der Waals surface area contributed by atoms with Gasteiger partial charge in [-0.1, -0.05) is 158 Å². The van der Waals surface area contributed by atoms with Crippen LogP contribution in [0.4, 0.5) is 0 Å². The highest BCUT2D eigenvalue weighted by Crippen LogP contribution is 2.25. The molecule has 84 heavy (non-hydrogen) atoms. The molecule has 4 N–H and O–H groups in total.